The van der Waals surface area contributed by atoms with Gasteiger partial charge in [0.2, 0.25) is 17.8 Å². The molecule has 1 aromatic heterocycles. The number of nitro groups is 1. The predicted molar refractivity (Wildman–Crippen MR) is 88.1 cm³/mol. The fourth-order valence-electron chi connectivity index (χ4n) is 2.54. The molecule has 0 bridgehead atoms. The maximum Gasteiger partial charge on any atom is 0.269 e. The highest BCUT2D eigenvalue weighted by molar-refractivity contribution is 5.95. The monoisotopic (exact) mass is 323 g/mol. The van der Waals surface area contributed by atoms with Gasteiger partial charge < -0.3 is 4.74 Å². The van der Waals surface area contributed by atoms with Gasteiger partial charge in [0.25, 0.3) is 5.69 Å². The highest BCUT2D eigenvalue weighted by Gasteiger charge is 2.16. The van der Waals surface area contributed by atoms with Crippen molar-refractivity contribution in [2.45, 2.75) is 6.54 Å². The Morgan fingerprint density at radius 1 is 1.17 bits per heavy atom. The molecule has 6 nitrogen and oxygen atoms in total. The van der Waals surface area contributed by atoms with E-state index in [0.29, 0.717) is 5.56 Å². The summed E-state index contributed by atoms with van der Waals surface area (Å²) in [5.74, 6) is 0.639. The Bertz CT molecular complexity index is 920. The van der Waals surface area contributed by atoms with Crippen molar-refractivity contribution in [3.05, 3.63) is 76.5 Å². The zero-order valence-electron chi connectivity index (χ0n) is 13.0. The molecule has 3 aromatic rings. The first kappa shape index (κ1) is 15.6. The molecule has 6 heteroatoms. The molecule has 120 valence electrons. The molecule has 0 atom stereocenters. The van der Waals surface area contributed by atoms with Crippen LogP contribution < -0.4 is 9.30 Å². The fourth-order valence-corrected chi connectivity index (χ4v) is 2.54. The van der Waals surface area contributed by atoms with Crippen LogP contribution in [0, 0.1) is 10.1 Å². The number of non-ortho nitro benzene ring substituents is 1. The molecule has 0 fully saturated rings. The van der Waals surface area contributed by atoms with Crippen molar-refractivity contribution >= 4 is 22.4 Å². The van der Waals surface area contributed by atoms with Gasteiger partial charge in [-0.05, 0) is 30.3 Å². The van der Waals surface area contributed by atoms with Gasteiger partial charge in [-0.2, -0.15) is 4.57 Å². The van der Waals surface area contributed by atoms with Crippen LogP contribution in [0.1, 0.15) is 10.4 Å². The second-order valence-electron chi connectivity index (χ2n) is 5.29. The molecule has 0 aliphatic heterocycles. The van der Waals surface area contributed by atoms with Crippen LogP contribution in [-0.4, -0.2) is 17.8 Å². The van der Waals surface area contributed by atoms with Crippen LogP contribution in [0.4, 0.5) is 5.69 Å². The van der Waals surface area contributed by atoms with E-state index in [4.69, 9.17) is 4.74 Å². The molecule has 0 unspecified atom stereocenters. The minimum Gasteiger partial charge on any atom is -0.497 e. The lowest BCUT2D eigenvalue weighted by Crippen LogP contribution is -2.38. The number of hydrogen-bond acceptors (Lipinski definition) is 4. The number of Topliss-reactive ketones (excluding diaryl/α,β-unsaturated/α-hetero) is 1. The van der Waals surface area contributed by atoms with Gasteiger partial charge in [0.15, 0.2) is 6.20 Å². The molecule has 0 radical (unpaired) electrons. The first-order valence-corrected chi connectivity index (χ1v) is 7.32. The van der Waals surface area contributed by atoms with E-state index >= 15 is 0 Å². The summed E-state index contributed by atoms with van der Waals surface area (Å²) < 4.78 is 7.06. The zero-order chi connectivity index (χ0) is 17.1. The summed E-state index contributed by atoms with van der Waals surface area (Å²) in [4.78, 5) is 22.6. The lowest BCUT2D eigenvalue weighted by molar-refractivity contribution is -0.657. The predicted octanol–water partition coefficient (Wildman–Crippen LogP) is 2.93. The quantitative estimate of drug-likeness (QED) is 0.313. The SMILES string of the molecule is COc1ccc2c(ccc[n+]2CC(=O)c2ccc([N+](=O)[O-])cc2)c1. The summed E-state index contributed by atoms with van der Waals surface area (Å²) in [5.41, 5.74) is 1.32. The van der Waals surface area contributed by atoms with Gasteiger partial charge in [-0.3, -0.25) is 14.9 Å². The number of fused-ring (bicyclic) bond motifs is 1. The van der Waals surface area contributed by atoms with Gasteiger partial charge in [0.05, 0.1) is 17.4 Å². The van der Waals surface area contributed by atoms with Gasteiger partial charge in [-0.15, -0.1) is 0 Å². The van der Waals surface area contributed by atoms with Crippen molar-refractivity contribution in [1.82, 2.24) is 0 Å². The van der Waals surface area contributed by atoms with Crippen LogP contribution >= 0.6 is 0 Å². The molecular weight excluding hydrogens is 308 g/mol. The summed E-state index contributed by atoms with van der Waals surface area (Å²) in [6.45, 7) is 0.154. The average Bonchev–Trinajstić information content (AvgIpc) is 2.61. The number of ether oxygens (including phenoxy) is 1. The maximum atomic E-state index is 12.4. The Morgan fingerprint density at radius 2 is 1.92 bits per heavy atom. The molecule has 0 amide bonds. The van der Waals surface area contributed by atoms with Crippen molar-refractivity contribution in [2.75, 3.05) is 7.11 Å². The minimum absolute atomic E-state index is 0.0311. The third-order valence-electron chi connectivity index (χ3n) is 3.80. The average molecular weight is 323 g/mol. The number of benzene rings is 2. The summed E-state index contributed by atoms with van der Waals surface area (Å²) in [7, 11) is 1.61. The maximum absolute atomic E-state index is 12.4. The second kappa shape index (κ2) is 6.45. The van der Waals surface area contributed by atoms with E-state index in [2.05, 4.69) is 0 Å². The normalized spacial score (nSPS) is 10.5. The van der Waals surface area contributed by atoms with Gasteiger partial charge >= 0.3 is 0 Å². The van der Waals surface area contributed by atoms with Crippen LogP contribution in [0.2, 0.25) is 0 Å². The van der Waals surface area contributed by atoms with E-state index in [1.54, 1.807) is 7.11 Å². The number of carbonyl (C=O) groups excluding carboxylic acids is 1. The number of rotatable bonds is 5. The number of ketones is 1. The molecular formula is C18H15N2O4+. The third-order valence-corrected chi connectivity index (χ3v) is 3.80. The third kappa shape index (κ3) is 3.08. The molecule has 0 saturated carbocycles. The second-order valence-corrected chi connectivity index (χ2v) is 5.29. The molecule has 0 aliphatic carbocycles. The molecule has 3 rings (SSSR count). The van der Waals surface area contributed by atoms with E-state index < -0.39 is 4.92 Å². The number of carbonyl (C=O) groups is 1. The largest absolute Gasteiger partial charge is 0.497 e. The Hall–Kier alpha value is -3.28. The lowest BCUT2D eigenvalue weighted by Gasteiger charge is -2.04. The molecule has 1 heterocycles. The first-order valence-electron chi connectivity index (χ1n) is 7.32. The van der Waals surface area contributed by atoms with Crippen molar-refractivity contribution in [3.8, 4) is 5.75 Å². The molecule has 0 N–H and O–H groups in total. The topological polar surface area (TPSA) is 73.3 Å². The summed E-state index contributed by atoms with van der Waals surface area (Å²) in [6, 6.07) is 15.1. The van der Waals surface area contributed by atoms with E-state index in [1.165, 1.54) is 24.3 Å². The number of nitrogens with zero attached hydrogens (tertiary/aromatic N) is 2. The minimum atomic E-state index is -0.485. The summed E-state index contributed by atoms with van der Waals surface area (Å²) in [6.07, 6.45) is 1.83. The molecule has 24 heavy (non-hydrogen) atoms. The zero-order valence-corrected chi connectivity index (χ0v) is 13.0. The van der Waals surface area contributed by atoms with Gasteiger partial charge in [-0.1, -0.05) is 0 Å². The highest BCUT2D eigenvalue weighted by atomic mass is 16.6. The highest BCUT2D eigenvalue weighted by Crippen LogP contribution is 2.18. The van der Waals surface area contributed by atoms with Gasteiger partial charge in [0, 0.05) is 29.8 Å². The molecule has 0 saturated heterocycles. The van der Waals surface area contributed by atoms with Crippen LogP contribution in [0.5, 0.6) is 5.75 Å². The standard InChI is InChI=1S/C18H15N2O4/c1-24-16-8-9-17-14(11-16)3-2-10-19(17)12-18(21)13-4-6-15(7-5-13)20(22)23/h2-11H,12H2,1H3/q+1. The van der Waals surface area contributed by atoms with Crippen LogP contribution in [0.25, 0.3) is 10.9 Å². The first-order chi connectivity index (χ1) is 11.6. The molecule has 2 aromatic carbocycles. The van der Waals surface area contributed by atoms with Crippen LogP contribution in [-0.2, 0) is 6.54 Å². The van der Waals surface area contributed by atoms with Gasteiger partial charge in [-0.25, -0.2) is 0 Å². The van der Waals surface area contributed by atoms with Crippen LogP contribution in [0.15, 0.2) is 60.8 Å². The Labute approximate surface area is 138 Å². The smallest absolute Gasteiger partial charge is 0.269 e. The molecule has 0 aliphatic rings. The Morgan fingerprint density at radius 3 is 2.58 bits per heavy atom. The fraction of sp³-hybridized carbons (Fsp3) is 0.111. The van der Waals surface area contributed by atoms with Crippen molar-refractivity contribution < 1.29 is 19.0 Å². The van der Waals surface area contributed by atoms with Crippen molar-refractivity contribution in [1.29, 1.82) is 0 Å². The van der Waals surface area contributed by atoms with E-state index in [-0.39, 0.29) is 18.0 Å². The van der Waals surface area contributed by atoms with E-state index in [1.807, 2.05) is 41.1 Å². The Kier molecular flexibility index (Phi) is 4.20. The number of hydrogen-bond donors (Lipinski definition) is 0. The number of methoxy groups -OCH3 is 1. The Balaban J connectivity index is 1.89. The van der Waals surface area contributed by atoms with Crippen LogP contribution in [0.3, 0.4) is 0 Å². The van der Waals surface area contributed by atoms with E-state index in [9.17, 15) is 14.9 Å². The van der Waals surface area contributed by atoms with E-state index in [0.717, 1.165) is 16.7 Å². The summed E-state index contributed by atoms with van der Waals surface area (Å²) in [5, 5.41) is 11.6. The lowest BCUT2D eigenvalue weighted by atomic mass is 10.1. The number of aromatic nitrogens is 1. The van der Waals surface area contributed by atoms with Crippen molar-refractivity contribution in [2.24, 2.45) is 0 Å². The van der Waals surface area contributed by atoms with Crippen molar-refractivity contribution in [3.63, 3.8) is 0 Å². The van der Waals surface area contributed by atoms with Gasteiger partial charge in [0.1, 0.15) is 5.75 Å². The molecule has 0 spiro atoms. The summed E-state index contributed by atoms with van der Waals surface area (Å²) >= 11 is 0. The number of pyridine rings is 1. The number of nitro benzene ring substituents is 1.